The Morgan fingerprint density at radius 2 is 1.48 bits per heavy atom. The van der Waals surface area contributed by atoms with Crippen molar-refractivity contribution in [1.82, 2.24) is 9.88 Å². The van der Waals surface area contributed by atoms with Crippen LogP contribution in [0.25, 0.3) is 10.8 Å². The first-order valence-electron chi connectivity index (χ1n) is 9.80. The molecule has 0 saturated carbocycles. The quantitative estimate of drug-likeness (QED) is 0.623. The molecule has 1 aliphatic rings. The summed E-state index contributed by atoms with van der Waals surface area (Å²) in [5.41, 5.74) is 0. The van der Waals surface area contributed by atoms with Gasteiger partial charge in [-0.3, -0.25) is 4.72 Å². The largest absolute Gasteiger partial charge is 0.353 e. The van der Waals surface area contributed by atoms with Crippen LogP contribution in [0.5, 0.6) is 0 Å². The molecule has 0 unspecified atom stereocenters. The Balaban J connectivity index is 1.78. The number of sulfone groups is 1. The molecule has 8 nitrogen and oxygen atoms in total. The molecule has 0 atom stereocenters. The van der Waals surface area contributed by atoms with Gasteiger partial charge in [0.1, 0.15) is 16.5 Å². The maximum Gasteiger partial charge on any atom is 0.264 e. The molecule has 1 saturated heterocycles. The van der Waals surface area contributed by atoms with E-state index >= 15 is 0 Å². The van der Waals surface area contributed by atoms with Crippen molar-refractivity contribution < 1.29 is 16.8 Å². The number of pyridine rings is 1. The van der Waals surface area contributed by atoms with Gasteiger partial charge in [-0.25, -0.2) is 21.8 Å². The zero-order valence-corrected chi connectivity index (χ0v) is 18.9. The number of hydrogen-bond donors (Lipinski definition) is 1. The van der Waals surface area contributed by atoms with E-state index in [1.807, 2.05) is 24.3 Å². The molecule has 1 aliphatic heterocycles. The lowest BCUT2D eigenvalue weighted by Gasteiger charge is -2.34. The van der Waals surface area contributed by atoms with Gasteiger partial charge in [-0.15, -0.1) is 0 Å². The van der Waals surface area contributed by atoms with E-state index in [4.69, 9.17) is 0 Å². The first-order chi connectivity index (χ1) is 14.6. The van der Waals surface area contributed by atoms with Crippen LogP contribution in [0.2, 0.25) is 0 Å². The number of fused-ring (bicyclic) bond motifs is 1. The Bertz CT molecular complexity index is 1330. The van der Waals surface area contributed by atoms with E-state index in [0.29, 0.717) is 5.82 Å². The molecule has 10 heteroatoms. The van der Waals surface area contributed by atoms with Gasteiger partial charge < -0.3 is 9.80 Å². The van der Waals surface area contributed by atoms with Crippen molar-refractivity contribution in [2.45, 2.75) is 9.79 Å². The van der Waals surface area contributed by atoms with Gasteiger partial charge in [-0.2, -0.15) is 0 Å². The SMILES string of the molecule is CN1CCN(c2nc(NS(=O)(=O)c3ccccc3S(C)(=O)=O)cc3ccccc23)CC1. The van der Waals surface area contributed by atoms with E-state index in [-0.39, 0.29) is 15.6 Å². The summed E-state index contributed by atoms with van der Waals surface area (Å²) in [5.74, 6) is 0.858. The second-order valence-corrected chi connectivity index (χ2v) is 11.3. The predicted molar refractivity (Wildman–Crippen MR) is 122 cm³/mol. The normalized spacial score (nSPS) is 15.9. The lowest BCUT2D eigenvalue weighted by molar-refractivity contribution is 0.312. The highest BCUT2D eigenvalue weighted by Crippen LogP contribution is 2.30. The van der Waals surface area contributed by atoms with Gasteiger partial charge in [0.05, 0.1) is 4.90 Å². The van der Waals surface area contributed by atoms with Gasteiger partial charge in [-0.05, 0) is 30.6 Å². The molecule has 0 spiro atoms. The second kappa shape index (κ2) is 8.10. The zero-order chi connectivity index (χ0) is 22.2. The summed E-state index contributed by atoms with van der Waals surface area (Å²) < 4.78 is 52.9. The summed E-state index contributed by atoms with van der Waals surface area (Å²) in [5, 5.41) is 1.78. The fourth-order valence-corrected chi connectivity index (χ4v) is 6.29. The minimum atomic E-state index is -4.17. The number of rotatable bonds is 5. The molecule has 3 aromatic rings. The highest BCUT2D eigenvalue weighted by Gasteiger charge is 2.25. The lowest BCUT2D eigenvalue weighted by Crippen LogP contribution is -2.45. The molecule has 2 heterocycles. The minimum Gasteiger partial charge on any atom is -0.353 e. The molecular formula is C21H24N4O4S2. The molecule has 0 amide bonds. The van der Waals surface area contributed by atoms with E-state index in [1.54, 1.807) is 6.07 Å². The summed E-state index contributed by atoms with van der Waals surface area (Å²) in [6.07, 6.45) is 0.987. The van der Waals surface area contributed by atoms with Crippen LogP contribution in [-0.2, 0) is 19.9 Å². The maximum absolute atomic E-state index is 13.1. The number of anilines is 2. The number of aromatic nitrogens is 1. The third-order valence-electron chi connectivity index (χ3n) is 5.30. The smallest absolute Gasteiger partial charge is 0.264 e. The molecule has 4 rings (SSSR count). The van der Waals surface area contributed by atoms with Gasteiger partial charge in [-0.1, -0.05) is 36.4 Å². The maximum atomic E-state index is 13.1. The zero-order valence-electron chi connectivity index (χ0n) is 17.3. The summed E-state index contributed by atoms with van der Waals surface area (Å²) in [6.45, 7) is 3.32. The molecule has 0 aliphatic carbocycles. The van der Waals surface area contributed by atoms with Crippen molar-refractivity contribution in [1.29, 1.82) is 0 Å². The average molecular weight is 461 g/mol. The molecule has 2 aromatic carbocycles. The Morgan fingerprint density at radius 1 is 0.871 bits per heavy atom. The molecule has 0 bridgehead atoms. The van der Waals surface area contributed by atoms with Crippen molar-refractivity contribution >= 4 is 42.3 Å². The Kier molecular flexibility index (Phi) is 5.63. The monoisotopic (exact) mass is 460 g/mol. The molecular weight excluding hydrogens is 436 g/mol. The van der Waals surface area contributed by atoms with Crippen LogP contribution in [0, 0.1) is 0 Å². The Hall–Kier alpha value is -2.69. The number of nitrogens with one attached hydrogen (secondary N) is 1. The minimum absolute atomic E-state index is 0.149. The van der Waals surface area contributed by atoms with Gasteiger partial charge in [0.2, 0.25) is 0 Å². The van der Waals surface area contributed by atoms with Gasteiger partial charge in [0, 0.05) is 37.8 Å². The Labute approximate surface area is 182 Å². The molecule has 164 valence electrons. The van der Waals surface area contributed by atoms with Crippen molar-refractivity contribution in [3.63, 3.8) is 0 Å². The number of piperazine rings is 1. The average Bonchev–Trinajstić information content (AvgIpc) is 2.73. The van der Waals surface area contributed by atoms with Crippen molar-refractivity contribution in [3.8, 4) is 0 Å². The van der Waals surface area contributed by atoms with Crippen molar-refractivity contribution in [2.24, 2.45) is 0 Å². The highest BCUT2D eigenvalue weighted by atomic mass is 32.2. The molecule has 1 N–H and O–H groups in total. The highest BCUT2D eigenvalue weighted by molar-refractivity contribution is 7.95. The van der Waals surface area contributed by atoms with Crippen LogP contribution in [0.3, 0.4) is 0 Å². The number of benzene rings is 2. The van der Waals surface area contributed by atoms with Crippen LogP contribution >= 0.6 is 0 Å². The summed E-state index contributed by atoms with van der Waals surface area (Å²) in [6, 6.07) is 14.9. The fraction of sp³-hybridized carbons (Fsp3) is 0.286. The van der Waals surface area contributed by atoms with Crippen LogP contribution in [-0.4, -0.2) is 66.2 Å². The molecule has 1 fully saturated rings. The topological polar surface area (TPSA) is 99.7 Å². The summed E-state index contributed by atoms with van der Waals surface area (Å²) >= 11 is 0. The number of sulfonamides is 1. The van der Waals surface area contributed by atoms with Crippen LogP contribution in [0.4, 0.5) is 11.6 Å². The van der Waals surface area contributed by atoms with E-state index in [0.717, 1.165) is 43.2 Å². The third-order valence-corrected chi connectivity index (χ3v) is 8.00. The standard InChI is InChI=1S/C21H24N4O4S2/c1-24-11-13-25(14-12-24)21-17-8-4-3-7-16(17)15-20(22-21)23-31(28,29)19-10-6-5-9-18(19)30(2,26)27/h3-10,15H,11-14H2,1-2H3,(H,22,23). The van der Waals surface area contributed by atoms with E-state index < -0.39 is 19.9 Å². The third kappa shape index (κ3) is 4.51. The van der Waals surface area contributed by atoms with Crippen LogP contribution in [0.15, 0.2) is 64.4 Å². The number of likely N-dealkylation sites (N-methyl/N-ethyl adjacent to an activating group) is 1. The summed E-state index contributed by atoms with van der Waals surface area (Å²) in [4.78, 5) is 8.45. The van der Waals surface area contributed by atoms with E-state index in [2.05, 4.69) is 26.6 Å². The van der Waals surface area contributed by atoms with Gasteiger partial charge >= 0.3 is 0 Å². The van der Waals surface area contributed by atoms with Crippen molar-refractivity contribution in [3.05, 3.63) is 54.6 Å². The van der Waals surface area contributed by atoms with Crippen LogP contribution < -0.4 is 9.62 Å². The first kappa shape index (κ1) is 21.5. The first-order valence-corrected chi connectivity index (χ1v) is 13.2. The lowest BCUT2D eigenvalue weighted by atomic mass is 10.1. The molecule has 31 heavy (non-hydrogen) atoms. The van der Waals surface area contributed by atoms with Gasteiger partial charge in [0.15, 0.2) is 9.84 Å². The van der Waals surface area contributed by atoms with E-state index in [1.165, 1.54) is 24.3 Å². The number of nitrogens with zero attached hydrogens (tertiary/aromatic N) is 3. The number of hydrogen-bond acceptors (Lipinski definition) is 7. The fourth-order valence-electron chi connectivity index (χ4n) is 3.66. The predicted octanol–water partition coefficient (Wildman–Crippen LogP) is 2.19. The van der Waals surface area contributed by atoms with Crippen molar-refractivity contribution in [2.75, 3.05) is 49.1 Å². The second-order valence-electron chi connectivity index (χ2n) is 7.67. The molecule has 0 radical (unpaired) electrons. The van der Waals surface area contributed by atoms with Gasteiger partial charge in [0.25, 0.3) is 10.0 Å². The Morgan fingerprint density at radius 3 is 2.16 bits per heavy atom. The van der Waals surface area contributed by atoms with E-state index in [9.17, 15) is 16.8 Å². The summed E-state index contributed by atoms with van der Waals surface area (Å²) in [7, 11) is -5.83. The molecule has 1 aromatic heterocycles. The van der Waals surface area contributed by atoms with Crippen LogP contribution in [0.1, 0.15) is 0 Å².